The summed E-state index contributed by atoms with van der Waals surface area (Å²) >= 11 is 3.44. The summed E-state index contributed by atoms with van der Waals surface area (Å²) in [6.45, 7) is 6.89. The van der Waals surface area contributed by atoms with Gasteiger partial charge in [0.2, 0.25) is 21.8 Å². The molecule has 2 aliphatic heterocycles. The zero-order valence-corrected chi connectivity index (χ0v) is 22.1. The van der Waals surface area contributed by atoms with Crippen LogP contribution < -0.4 is 10.2 Å². The Morgan fingerprint density at radius 1 is 1.12 bits per heavy atom. The van der Waals surface area contributed by atoms with E-state index in [4.69, 9.17) is 0 Å². The predicted octanol–water partition coefficient (Wildman–Crippen LogP) is 4.40. The molecule has 182 valence electrons. The largest absolute Gasteiger partial charge is 0.326 e. The molecule has 0 aromatic heterocycles. The van der Waals surface area contributed by atoms with Gasteiger partial charge in [-0.15, -0.1) is 0 Å². The van der Waals surface area contributed by atoms with Crippen molar-refractivity contribution in [1.29, 1.82) is 0 Å². The second kappa shape index (κ2) is 9.79. The van der Waals surface area contributed by atoms with E-state index in [-0.39, 0.29) is 35.7 Å². The maximum absolute atomic E-state index is 13.5. The molecule has 0 bridgehead atoms. The summed E-state index contributed by atoms with van der Waals surface area (Å²) in [4.78, 5) is 27.0. The van der Waals surface area contributed by atoms with Crippen LogP contribution in [0.25, 0.3) is 0 Å². The molecular weight excluding hydrogens is 518 g/mol. The van der Waals surface area contributed by atoms with E-state index in [1.165, 1.54) is 4.31 Å². The number of rotatable bonds is 5. The number of benzene rings is 2. The Morgan fingerprint density at radius 2 is 1.82 bits per heavy atom. The third-order valence-electron chi connectivity index (χ3n) is 6.94. The highest BCUT2D eigenvalue weighted by Gasteiger charge is 2.35. The lowest BCUT2D eigenvalue weighted by Crippen LogP contribution is -2.41. The lowest BCUT2D eigenvalue weighted by Gasteiger charge is -2.31. The van der Waals surface area contributed by atoms with Crippen molar-refractivity contribution >= 4 is 49.1 Å². The number of piperidine rings is 1. The van der Waals surface area contributed by atoms with Gasteiger partial charge in [-0.05, 0) is 83.9 Å². The quantitative estimate of drug-likeness (QED) is 0.600. The Kier molecular flexibility index (Phi) is 7.17. The second-order valence-electron chi connectivity index (χ2n) is 8.98. The molecule has 1 fully saturated rings. The number of hydrogen-bond acceptors (Lipinski definition) is 4. The average molecular weight is 549 g/mol. The van der Waals surface area contributed by atoms with Crippen molar-refractivity contribution in [2.75, 3.05) is 29.9 Å². The first-order valence-corrected chi connectivity index (χ1v) is 13.9. The first-order valence-electron chi connectivity index (χ1n) is 11.6. The van der Waals surface area contributed by atoms with E-state index >= 15 is 0 Å². The number of hydrogen-bond donors (Lipinski definition) is 1. The first-order chi connectivity index (χ1) is 16.1. The van der Waals surface area contributed by atoms with Gasteiger partial charge in [0.1, 0.15) is 0 Å². The fraction of sp³-hybridized carbons (Fsp3) is 0.440. The number of carbonyl (C=O) groups is 2. The standard InChI is InChI=1S/C25H30BrN3O4S/c1-4-24(30)29-13-10-19-14-20(26)23(15-22(19)29)34(32,33)28-11-8-18(9-12-28)25(31)27-21-7-5-6-16(2)17(21)3/h5-7,14-15,18H,4,8-13H2,1-3H3,(H,27,31). The number of carbonyl (C=O) groups excluding carboxylic acids is 2. The van der Waals surface area contributed by atoms with Crippen LogP contribution in [0.15, 0.2) is 39.7 Å². The van der Waals surface area contributed by atoms with Crippen LogP contribution in [-0.4, -0.2) is 44.2 Å². The minimum Gasteiger partial charge on any atom is -0.326 e. The van der Waals surface area contributed by atoms with Crippen LogP contribution in [0.5, 0.6) is 0 Å². The fourth-order valence-corrected chi connectivity index (χ4v) is 7.19. The van der Waals surface area contributed by atoms with Crippen molar-refractivity contribution in [3.05, 3.63) is 51.5 Å². The van der Waals surface area contributed by atoms with Crippen LogP contribution in [0, 0.1) is 19.8 Å². The van der Waals surface area contributed by atoms with E-state index < -0.39 is 10.0 Å². The highest BCUT2D eigenvalue weighted by molar-refractivity contribution is 9.10. The highest BCUT2D eigenvalue weighted by atomic mass is 79.9. The molecule has 0 unspecified atom stereocenters. The molecule has 2 aromatic carbocycles. The highest BCUT2D eigenvalue weighted by Crippen LogP contribution is 2.37. The molecule has 0 saturated carbocycles. The van der Waals surface area contributed by atoms with Crippen molar-refractivity contribution in [3.63, 3.8) is 0 Å². The number of nitrogens with zero attached hydrogens (tertiary/aromatic N) is 2. The van der Waals surface area contributed by atoms with Gasteiger partial charge in [0.15, 0.2) is 0 Å². The van der Waals surface area contributed by atoms with E-state index in [0.29, 0.717) is 42.4 Å². The van der Waals surface area contributed by atoms with Crippen molar-refractivity contribution in [2.45, 2.75) is 51.3 Å². The molecule has 0 aliphatic carbocycles. The molecule has 0 radical (unpaired) electrons. The SMILES string of the molecule is CCC(=O)N1CCc2cc(Br)c(S(=O)(=O)N3CCC(C(=O)Nc4cccc(C)c4C)CC3)cc21. The van der Waals surface area contributed by atoms with Gasteiger partial charge >= 0.3 is 0 Å². The normalized spacial score (nSPS) is 17.0. The fourth-order valence-electron chi connectivity index (χ4n) is 4.65. The Labute approximate surface area is 209 Å². The third kappa shape index (κ3) is 4.65. The first kappa shape index (κ1) is 24.9. The van der Waals surface area contributed by atoms with Crippen LogP contribution in [-0.2, 0) is 26.0 Å². The predicted molar refractivity (Wildman–Crippen MR) is 137 cm³/mol. The van der Waals surface area contributed by atoms with Crippen LogP contribution in [0.2, 0.25) is 0 Å². The van der Waals surface area contributed by atoms with Gasteiger partial charge in [-0.3, -0.25) is 9.59 Å². The smallest absolute Gasteiger partial charge is 0.244 e. The van der Waals surface area contributed by atoms with Crippen molar-refractivity contribution in [1.82, 2.24) is 4.31 Å². The number of fused-ring (bicyclic) bond motifs is 1. The van der Waals surface area contributed by atoms with E-state index in [2.05, 4.69) is 21.2 Å². The molecule has 1 saturated heterocycles. The topological polar surface area (TPSA) is 86.8 Å². The molecule has 2 aliphatic rings. The van der Waals surface area contributed by atoms with E-state index in [1.54, 1.807) is 17.9 Å². The van der Waals surface area contributed by atoms with Gasteiger partial charge in [-0.25, -0.2) is 8.42 Å². The zero-order valence-electron chi connectivity index (χ0n) is 19.7. The average Bonchev–Trinajstić information content (AvgIpc) is 3.23. The van der Waals surface area contributed by atoms with Crippen LogP contribution in [0.3, 0.4) is 0 Å². The van der Waals surface area contributed by atoms with Crippen molar-refractivity contribution in [2.24, 2.45) is 5.92 Å². The number of sulfonamides is 1. The van der Waals surface area contributed by atoms with Gasteiger partial charge in [0.25, 0.3) is 0 Å². The molecule has 34 heavy (non-hydrogen) atoms. The third-order valence-corrected chi connectivity index (χ3v) is 9.79. The number of amides is 2. The van der Waals surface area contributed by atoms with E-state index in [0.717, 1.165) is 22.4 Å². The van der Waals surface area contributed by atoms with Gasteiger partial charge in [0, 0.05) is 47.8 Å². The summed E-state index contributed by atoms with van der Waals surface area (Å²) in [7, 11) is -3.77. The molecule has 9 heteroatoms. The summed E-state index contributed by atoms with van der Waals surface area (Å²) in [5.41, 5.74) is 4.59. The molecule has 2 aromatic rings. The van der Waals surface area contributed by atoms with Crippen LogP contribution >= 0.6 is 15.9 Å². The minimum absolute atomic E-state index is 0.0138. The Balaban J connectivity index is 1.48. The monoisotopic (exact) mass is 547 g/mol. The van der Waals surface area contributed by atoms with Gasteiger partial charge < -0.3 is 10.2 Å². The number of nitrogens with one attached hydrogen (secondary N) is 1. The molecule has 2 amide bonds. The summed E-state index contributed by atoms with van der Waals surface area (Å²) < 4.78 is 28.9. The number of aryl methyl sites for hydroxylation is 1. The maximum Gasteiger partial charge on any atom is 0.244 e. The lowest BCUT2D eigenvalue weighted by molar-refractivity contribution is -0.121. The summed E-state index contributed by atoms with van der Waals surface area (Å²) in [6.07, 6.45) is 1.99. The lowest BCUT2D eigenvalue weighted by atomic mass is 9.97. The van der Waals surface area contributed by atoms with Crippen LogP contribution in [0.4, 0.5) is 11.4 Å². The van der Waals surface area contributed by atoms with E-state index in [9.17, 15) is 18.0 Å². The molecular formula is C25H30BrN3O4S. The zero-order chi connectivity index (χ0) is 24.6. The molecule has 0 spiro atoms. The summed E-state index contributed by atoms with van der Waals surface area (Å²) in [5.74, 6) is -0.328. The Morgan fingerprint density at radius 3 is 2.50 bits per heavy atom. The molecule has 0 atom stereocenters. The molecule has 4 rings (SSSR count). The Bertz CT molecular complexity index is 1240. The van der Waals surface area contributed by atoms with E-state index in [1.807, 2.05) is 38.1 Å². The molecule has 2 heterocycles. The second-order valence-corrected chi connectivity index (χ2v) is 11.7. The maximum atomic E-state index is 13.5. The van der Waals surface area contributed by atoms with Crippen molar-refractivity contribution in [3.8, 4) is 0 Å². The summed E-state index contributed by atoms with van der Waals surface area (Å²) in [5, 5.41) is 3.01. The van der Waals surface area contributed by atoms with Gasteiger partial charge in [-0.1, -0.05) is 19.1 Å². The van der Waals surface area contributed by atoms with Crippen molar-refractivity contribution < 1.29 is 18.0 Å². The molecule has 7 nitrogen and oxygen atoms in total. The number of anilines is 2. The Hall–Kier alpha value is -2.23. The van der Waals surface area contributed by atoms with Gasteiger partial charge in [-0.2, -0.15) is 4.31 Å². The summed E-state index contributed by atoms with van der Waals surface area (Å²) in [6, 6.07) is 9.24. The molecule has 1 N–H and O–H groups in total. The minimum atomic E-state index is -3.77. The van der Waals surface area contributed by atoms with Gasteiger partial charge in [0.05, 0.1) is 4.90 Å². The van der Waals surface area contributed by atoms with Crippen LogP contribution in [0.1, 0.15) is 42.9 Å². The number of halogens is 1.